The Morgan fingerprint density at radius 1 is 0.889 bits per heavy atom. The van der Waals surface area contributed by atoms with Crippen molar-refractivity contribution in [2.24, 2.45) is 10.2 Å². The first-order valence-corrected chi connectivity index (χ1v) is 8.76. The Morgan fingerprint density at radius 2 is 1.48 bits per heavy atom. The molecule has 134 valence electrons. The maximum absolute atomic E-state index is 12.9. The summed E-state index contributed by atoms with van der Waals surface area (Å²) in [6.45, 7) is 0. The van der Waals surface area contributed by atoms with Gasteiger partial charge in [-0.1, -0.05) is 83.9 Å². The predicted octanol–water partition coefficient (Wildman–Crippen LogP) is 5.41. The highest BCUT2D eigenvalue weighted by Gasteiger charge is 2.16. The summed E-state index contributed by atoms with van der Waals surface area (Å²) in [7, 11) is 0. The van der Waals surface area contributed by atoms with Crippen LogP contribution in [0, 0.1) is 0 Å². The number of halogens is 2. The first-order valence-electron chi connectivity index (χ1n) is 8.00. The lowest BCUT2D eigenvalue weighted by atomic mass is 10.0. The summed E-state index contributed by atoms with van der Waals surface area (Å²) < 4.78 is 0. The van der Waals surface area contributed by atoms with Crippen LogP contribution in [0.5, 0.6) is 5.75 Å². The van der Waals surface area contributed by atoms with Crippen molar-refractivity contribution in [2.75, 3.05) is 0 Å². The number of benzene rings is 3. The third-order valence-corrected chi connectivity index (χ3v) is 4.22. The fourth-order valence-electron chi connectivity index (χ4n) is 2.39. The van der Waals surface area contributed by atoms with Crippen LogP contribution < -0.4 is 0 Å². The van der Waals surface area contributed by atoms with E-state index in [0.717, 1.165) is 0 Å². The molecule has 0 radical (unpaired) electrons. The van der Waals surface area contributed by atoms with Crippen LogP contribution in [0.1, 0.15) is 21.5 Å². The topological polar surface area (TPSA) is 62.0 Å². The molecule has 27 heavy (non-hydrogen) atoms. The Hall–Kier alpha value is -2.95. The zero-order chi connectivity index (χ0) is 19.2. The summed E-state index contributed by atoms with van der Waals surface area (Å²) >= 11 is 11.8. The molecule has 0 atom stereocenters. The molecule has 4 nitrogen and oxygen atoms in total. The molecular weight excluding hydrogens is 383 g/mol. The monoisotopic (exact) mass is 396 g/mol. The van der Waals surface area contributed by atoms with E-state index < -0.39 is 0 Å². The van der Waals surface area contributed by atoms with Gasteiger partial charge in [-0.25, -0.2) is 0 Å². The highest BCUT2D eigenvalue weighted by molar-refractivity contribution is 6.51. The lowest BCUT2D eigenvalue weighted by molar-refractivity contribution is 0.106. The summed E-state index contributed by atoms with van der Waals surface area (Å²) in [5.74, 6) is -0.414. The van der Waals surface area contributed by atoms with Crippen LogP contribution in [0.15, 0.2) is 83.0 Å². The highest BCUT2D eigenvalue weighted by Crippen LogP contribution is 2.30. The minimum Gasteiger partial charge on any atom is -0.506 e. The van der Waals surface area contributed by atoms with Crippen molar-refractivity contribution >= 4 is 40.9 Å². The Balaban J connectivity index is 2.00. The molecule has 0 aromatic heterocycles. The van der Waals surface area contributed by atoms with Gasteiger partial charge in [0.2, 0.25) is 5.78 Å². The number of ketones is 1. The molecule has 3 aromatic carbocycles. The number of carbonyl (C=O) groups is 1. The van der Waals surface area contributed by atoms with E-state index in [-0.39, 0.29) is 22.3 Å². The van der Waals surface area contributed by atoms with Gasteiger partial charge < -0.3 is 5.11 Å². The molecule has 0 bridgehead atoms. The van der Waals surface area contributed by atoms with E-state index in [0.29, 0.717) is 21.7 Å². The number of phenols is 1. The quantitative estimate of drug-likeness (QED) is 0.356. The average molecular weight is 397 g/mol. The van der Waals surface area contributed by atoms with E-state index >= 15 is 0 Å². The van der Waals surface area contributed by atoms with Crippen LogP contribution >= 0.6 is 23.2 Å². The number of hydrogen-bond acceptors (Lipinski definition) is 4. The summed E-state index contributed by atoms with van der Waals surface area (Å²) in [4.78, 5) is 12.9. The summed E-state index contributed by atoms with van der Waals surface area (Å²) in [5.41, 5.74) is 1.63. The maximum Gasteiger partial charge on any atom is 0.213 e. The van der Waals surface area contributed by atoms with Crippen LogP contribution in [-0.4, -0.2) is 22.8 Å². The Labute approximate surface area is 166 Å². The molecule has 3 rings (SSSR count). The fraction of sp³-hybridized carbons (Fsp3) is 0. The number of nitrogens with zero attached hydrogens (tertiary/aromatic N) is 2. The van der Waals surface area contributed by atoms with Crippen LogP contribution in [0.25, 0.3) is 0 Å². The van der Waals surface area contributed by atoms with Gasteiger partial charge >= 0.3 is 0 Å². The molecule has 1 N–H and O–H groups in total. The second-order valence-corrected chi connectivity index (χ2v) is 6.42. The van der Waals surface area contributed by atoms with Gasteiger partial charge in [0, 0.05) is 21.7 Å². The van der Waals surface area contributed by atoms with Gasteiger partial charge in [-0.15, -0.1) is 5.10 Å². The smallest absolute Gasteiger partial charge is 0.213 e. The molecule has 0 spiro atoms. The molecule has 0 saturated carbocycles. The highest BCUT2D eigenvalue weighted by atomic mass is 35.5. The molecular formula is C21H14Cl2N2O2. The number of aromatic hydroxyl groups is 1. The van der Waals surface area contributed by atoms with Gasteiger partial charge in [0.25, 0.3) is 0 Å². The number of carbonyl (C=O) groups excluding carboxylic acids is 1. The normalized spacial score (nSPS) is 11.7. The third-order valence-electron chi connectivity index (χ3n) is 3.71. The maximum atomic E-state index is 12.9. The van der Waals surface area contributed by atoms with Crippen molar-refractivity contribution in [3.05, 3.63) is 99.5 Å². The zero-order valence-corrected chi connectivity index (χ0v) is 15.5. The number of phenolic OH excluding ortho intramolecular Hbond substituents is 1. The van der Waals surface area contributed by atoms with Gasteiger partial charge in [0.1, 0.15) is 11.5 Å². The summed E-state index contributed by atoms with van der Waals surface area (Å²) in [5, 5.41) is 18.5. The molecule has 0 amide bonds. The molecule has 0 aliphatic rings. The van der Waals surface area contributed by atoms with Gasteiger partial charge in [0.05, 0.1) is 11.2 Å². The van der Waals surface area contributed by atoms with Gasteiger partial charge in [-0.3, -0.25) is 4.79 Å². The second-order valence-electron chi connectivity index (χ2n) is 5.58. The molecule has 6 heteroatoms. The largest absolute Gasteiger partial charge is 0.506 e. The Kier molecular flexibility index (Phi) is 6.01. The van der Waals surface area contributed by atoms with Crippen molar-refractivity contribution in [3.63, 3.8) is 0 Å². The van der Waals surface area contributed by atoms with Gasteiger partial charge in [-0.2, -0.15) is 5.10 Å². The van der Waals surface area contributed by atoms with Crippen molar-refractivity contribution in [2.45, 2.75) is 0 Å². The van der Waals surface area contributed by atoms with E-state index in [1.807, 2.05) is 24.3 Å². The zero-order valence-electron chi connectivity index (χ0n) is 14.0. The Morgan fingerprint density at radius 3 is 2.11 bits per heavy atom. The van der Waals surface area contributed by atoms with E-state index in [1.54, 1.807) is 36.4 Å². The Bertz CT molecular complexity index is 1020. The number of hydrogen-bond donors (Lipinski definition) is 1. The number of rotatable bonds is 5. The van der Waals surface area contributed by atoms with E-state index in [1.165, 1.54) is 18.3 Å². The van der Waals surface area contributed by atoms with Crippen LogP contribution in [-0.2, 0) is 0 Å². The molecule has 0 fully saturated rings. The number of Topliss-reactive ketones (excluding diaryl/α,β-unsaturated/α-hetero) is 1. The molecule has 0 heterocycles. The van der Waals surface area contributed by atoms with E-state index in [4.69, 9.17) is 23.2 Å². The van der Waals surface area contributed by atoms with Gasteiger partial charge in [0.15, 0.2) is 0 Å². The first-order chi connectivity index (χ1) is 13.1. The second kappa shape index (κ2) is 8.62. The van der Waals surface area contributed by atoms with Crippen molar-refractivity contribution in [3.8, 4) is 5.75 Å². The predicted molar refractivity (Wildman–Crippen MR) is 109 cm³/mol. The summed E-state index contributed by atoms with van der Waals surface area (Å²) in [6, 6.07) is 20.8. The fourth-order valence-corrected chi connectivity index (χ4v) is 2.90. The lowest BCUT2D eigenvalue weighted by Gasteiger charge is -2.05. The van der Waals surface area contributed by atoms with Crippen molar-refractivity contribution in [1.29, 1.82) is 0 Å². The minimum absolute atomic E-state index is 0.108. The summed E-state index contributed by atoms with van der Waals surface area (Å²) in [6.07, 6.45) is 1.30. The third kappa shape index (κ3) is 4.61. The van der Waals surface area contributed by atoms with Crippen LogP contribution in [0.4, 0.5) is 0 Å². The van der Waals surface area contributed by atoms with Crippen molar-refractivity contribution < 1.29 is 9.90 Å². The standard InChI is InChI=1S/C21H14Cl2N2O2/c22-17-11-16(20(26)18(23)12-17)13-24-25-19(14-7-3-1-4-8-14)21(27)15-9-5-2-6-10-15/h1-13,26H/b24-13+,25-19?. The SMILES string of the molecule is O=C(C(=N/N=C/c1cc(Cl)cc(Cl)c1O)c1ccccc1)c1ccccc1. The van der Waals surface area contributed by atoms with Crippen LogP contribution in [0.2, 0.25) is 10.0 Å². The average Bonchev–Trinajstić information content (AvgIpc) is 2.69. The molecule has 0 saturated heterocycles. The molecule has 3 aromatic rings. The van der Waals surface area contributed by atoms with Crippen molar-refractivity contribution in [1.82, 2.24) is 0 Å². The molecule has 0 aliphatic carbocycles. The molecule has 0 aliphatic heterocycles. The van der Waals surface area contributed by atoms with E-state index in [2.05, 4.69) is 10.2 Å². The van der Waals surface area contributed by atoms with E-state index in [9.17, 15) is 9.90 Å². The minimum atomic E-state index is -0.257. The first kappa shape index (κ1) is 18.8. The molecule has 0 unspecified atom stereocenters. The lowest BCUT2D eigenvalue weighted by Crippen LogP contribution is -2.15. The van der Waals surface area contributed by atoms with Gasteiger partial charge in [-0.05, 0) is 12.1 Å². The van der Waals surface area contributed by atoms with Crippen LogP contribution in [0.3, 0.4) is 0 Å².